The van der Waals surface area contributed by atoms with E-state index in [0.29, 0.717) is 31.6 Å². The van der Waals surface area contributed by atoms with Gasteiger partial charge in [0.15, 0.2) is 11.8 Å². The van der Waals surface area contributed by atoms with E-state index in [1.165, 1.54) is 11.8 Å². The maximum Gasteiger partial charge on any atom is 0.341 e. The molecular weight excluding hydrogens is 665 g/mol. The number of amidine groups is 1. The van der Waals surface area contributed by atoms with Crippen LogP contribution in [-0.4, -0.2) is 28.8 Å². The average molecular weight is 675 g/mol. The van der Waals surface area contributed by atoms with Crippen molar-refractivity contribution in [2.45, 2.75) is 0 Å². The van der Waals surface area contributed by atoms with Crippen LogP contribution < -0.4 is 10.1 Å². The molecule has 0 atom stereocenters. The Hall–Kier alpha value is -1.02. The lowest BCUT2D eigenvalue weighted by atomic mass is 10.2. The van der Waals surface area contributed by atoms with E-state index in [0.717, 1.165) is 12.7 Å². The highest BCUT2D eigenvalue weighted by atomic mass is 127. The molecule has 0 spiro atoms. The molecule has 1 amide bonds. The number of ether oxygens (including phenoxy) is 1. The highest BCUT2D eigenvalue weighted by Crippen LogP contribution is 2.35. The molecule has 1 aliphatic rings. The van der Waals surface area contributed by atoms with Gasteiger partial charge in [0.2, 0.25) is 0 Å². The third-order valence-electron chi connectivity index (χ3n) is 3.46. The number of aliphatic carboxylic acids is 1. The van der Waals surface area contributed by atoms with Crippen molar-refractivity contribution in [1.82, 2.24) is 5.32 Å². The van der Waals surface area contributed by atoms with E-state index in [-0.39, 0.29) is 5.91 Å². The van der Waals surface area contributed by atoms with Gasteiger partial charge >= 0.3 is 5.97 Å². The smallest absolute Gasteiger partial charge is 0.341 e. The van der Waals surface area contributed by atoms with E-state index in [4.69, 9.17) is 33.0 Å². The predicted octanol–water partition coefficient (Wildman–Crippen LogP) is 5.56. The first-order chi connectivity index (χ1) is 13.7. The number of rotatable bonds is 5. The molecular formula is C18H10Cl2I2N2O4S. The summed E-state index contributed by atoms with van der Waals surface area (Å²) in [6.45, 7) is -0.420. The summed E-state index contributed by atoms with van der Waals surface area (Å²) >= 11 is 17.5. The minimum Gasteiger partial charge on any atom is -0.480 e. The zero-order valence-electron chi connectivity index (χ0n) is 14.2. The molecule has 6 nitrogen and oxygen atoms in total. The van der Waals surface area contributed by atoms with E-state index in [2.05, 4.69) is 55.5 Å². The summed E-state index contributed by atoms with van der Waals surface area (Å²) in [5, 5.41) is 12.6. The van der Waals surface area contributed by atoms with Crippen molar-refractivity contribution in [2.24, 2.45) is 4.99 Å². The molecule has 0 aromatic heterocycles. The Morgan fingerprint density at radius 3 is 2.62 bits per heavy atom. The second-order valence-electron chi connectivity index (χ2n) is 5.55. The summed E-state index contributed by atoms with van der Waals surface area (Å²) in [5.74, 6) is -0.825. The second-order valence-corrected chi connectivity index (χ2v) is 9.69. The van der Waals surface area contributed by atoms with Crippen LogP contribution in [0.2, 0.25) is 10.0 Å². The fourth-order valence-electron chi connectivity index (χ4n) is 2.25. The number of benzene rings is 2. The Morgan fingerprint density at radius 1 is 1.28 bits per heavy atom. The minimum absolute atomic E-state index is 0.275. The molecule has 3 rings (SSSR count). The average Bonchev–Trinajstić information content (AvgIpc) is 2.97. The number of carbonyl (C=O) groups excluding carboxylic acids is 1. The van der Waals surface area contributed by atoms with E-state index in [1.807, 2.05) is 12.1 Å². The standard InChI is InChI=1S/C18H10Cl2I2N2O4S/c19-9-2-1-3-12(15(9)20)23-18-24-17(27)13(29-18)6-8-4-10(21)16(11(22)5-8)28-7-14(25)26/h1-6H,7H2,(H,25,26)(H,23,24,27)/b13-6-. The Balaban J connectivity index is 1.84. The van der Waals surface area contributed by atoms with Gasteiger partial charge < -0.3 is 15.2 Å². The number of halogens is 4. The fraction of sp³-hybridized carbons (Fsp3) is 0.0556. The predicted molar refractivity (Wildman–Crippen MR) is 132 cm³/mol. The lowest BCUT2D eigenvalue weighted by Crippen LogP contribution is -2.19. The van der Waals surface area contributed by atoms with Gasteiger partial charge in [-0.25, -0.2) is 9.79 Å². The van der Waals surface area contributed by atoms with Crippen molar-refractivity contribution >= 4 is 109 Å². The summed E-state index contributed by atoms with van der Waals surface area (Å²) in [6.07, 6.45) is 1.73. The van der Waals surface area contributed by atoms with Crippen LogP contribution >= 0.6 is 80.1 Å². The third kappa shape index (κ3) is 5.78. The van der Waals surface area contributed by atoms with Gasteiger partial charge in [-0.2, -0.15) is 0 Å². The minimum atomic E-state index is -1.05. The quantitative estimate of drug-likeness (QED) is 0.321. The number of hydrogen-bond donors (Lipinski definition) is 2. The Labute approximate surface area is 207 Å². The normalized spacial score (nSPS) is 16.3. The molecule has 2 aromatic rings. The third-order valence-corrected chi connectivity index (χ3v) is 6.78. The Kier molecular flexibility index (Phi) is 7.70. The van der Waals surface area contributed by atoms with E-state index >= 15 is 0 Å². The first kappa shape index (κ1) is 22.7. The van der Waals surface area contributed by atoms with Gasteiger partial charge in [0, 0.05) is 0 Å². The van der Waals surface area contributed by atoms with Crippen molar-refractivity contribution < 1.29 is 19.4 Å². The Morgan fingerprint density at radius 2 is 1.97 bits per heavy atom. The summed E-state index contributed by atoms with van der Waals surface area (Å²) in [4.78, 5) is 27.9. The lowest BCUT2D eigenvalue weighted by Gasteiger charge is -2.09. The highest BCUT2D eigenvalue weighted by molar-refractivity contribution is 14.1. The number of carboxylic acids is 1. The molecule has 0 bridgehead atoms. The van der Waals surface area contributed by atoms with Crippen molar-refractivity contribution in [3.05, 3.63) is 58.0 Å². The monoisotopic (exact) mass is 674 g/mol. The van der Waals surface area contributed by atoms with Crippen LogP contribution in [0.4, 0.5) is 5.69 Å². The zero-order valence-corrected chi connectivity index (χ0v) is 20.9. The van der Waals surface area contributed by atoms with Gasteiger partial charge in [0.05, 0.1) is 27.8 Å². The highest BCUT2D eigenvalue weighted by Gasteiger charge is 2.24. The SMILES string of the molecule is O=C(O)COc1c(I)cc(/C=C2\SC(=Nc3cccc(Cl)c3Cl)NC2=O)cc1I. The summed E-state index contributed by atoms with van der Waals surface area (Å²) in [6, 6.07) is 8.71. The van der Waals surface area contributed by atoms with Gasteiger partial charge in [-0.15, -0.1) is 0 Å². The van der Waals surface area contributed by atoms with E-state index < -0.39 is 12.6 Å². The summed E-state index contributed by atoms with van der Waals surface area (Å²) in [5.41, 5.74) is 1.24. The van der Waals surface area contributed by atoms with Gasteiger partial charge in [-0.3, -0.25) is 4.79 Å². The molecule has 2 N–H and O–H groups in total. The van der Waals surface area contributed by atoms with Gasteiger partial charge in [-0.05, 0) is 92.8 Å². The fourth-order valence-corrected chi connectivity index (χ4v) is 5.55. The summed E-state index contributed by atoms with van der Waals surface area (Å²) in [7, 11) is 0. The van der Waals surface area contributed by atoms with Gasteiger partial charge in [0.25, 0.3) is 5.91 Å². The molecule has 0 saturated carbocycles. The second kappa shape index (κ2) is 9.86. The van der Waals surface area contributed by atoms with Gasteiger partial charge in [0.1, 0.15) is 5.75 Å². The van der Waals surface area contributed by atoms with Crippen LogP contribution in [0.3, 0.4) is 0 Å². The number of nitrogens with one attached hydrogen (secondary N) is 1. The number of amides is 1. The van der Waals surface area contributed by atoms with Crippen molar-refractivity contribution in [2.75, 3.05) is 6.61 Å². The van der Waals surface area contributed by atoms with Crippen LogP contribution in [0, 0.1) is 7.14 Å². The van der Waals surface area contributed by atoms with Crippen molar-refractivity contribution in [3.63, 3.8) is 0 Å². The van der Waals surface area contributed by atoms with Gasteiger partial charge in [-0.1, -0.05) is 29.3 Å². The first-order valence-electron chi connectivity index (χ1n) is 7.82. The maximum absolute atomic E-state index is 12.3. The van der Waals surface area contributed by atoms with Crippen molar-refractivity contribution in [1.29, 1.82) is 0 Å². The topological polar surface area (TPSA) is 88.0 Å². The zero-order chi connectivity index (χ0) is 21.1. The van der Waals surface area contributed by atoms with Crippen LogP contribution in [0.1, 0.15) is 5.56 Å². The van der Waals surface area contributed by atoms with E-state index in [9.17, 15) is 9.59 Å². The Bertz CT molecular complexity index is 1050. The van der Waals surface area contributed by atoms with Crippen LogP contribution in [0.25, 0.3) is 6.08 Å². The molecule has 150 valence electrons. The molecule has 1 fully saturated rings. The molecule has 29 heavy (non-hydrogen) atoms. The molecule has 0 radical (unpaired) electrons. The number of carbonyl (C=O) groups is 2. The molecule has 0 unspecified atom stereocenters. The first-order valence-corrected chi connectivity index (χ1v) is 11.5. The maximum atomic E-state index is 12.3. The number of aliphatic imine (C=N–C) groups is 1. The number of thioether (sulfide) groups is 1. The number of nitrogens with zero attached hydrogens (tertiary/aromatic N) is 1. The number of carboxylic acid groups (broad SMARTS) is 1. The van der Waals surface area contributed by atoms with Crippen LogP contribution in [0.15, 0.2) is 40.2 Å². The lowest BCUT2D eigenvalue weighted by molar-refractivity contribution is -0.139. The van der Waals surface area contributed by atoms with Crippen LogP contribution in [-0.2, 0) is 9.59 Å². The molecule has 11 heteroatoms. The van der Waals surface area contributed by atoms with E-state index in [1.54, 1.807) is 24.3 Å². The number of hydrogen-bond acceptors (Lipinski definition) is 5. The molecule has 1 saturated heterocycles. The molecule has 1 heterocycles. The molecule has 0 aliphatic carbocycles. The molecule has 2 aromatic carbocycles. The summed E-state index contributed by atoms with van der Waals surface area (Å²) < 4.78 is 6.80. The van der Waals surface area contributed by atoms with Crippen molar-refractivity contribution in [3.8, 4) is 5.75 Å². The van der Waals surface area contributed by atoms with Crippen LogP contribution in [0.5, 0.6) is 5.75 Å². The molecule has 1 aliphatic heterocycles. The largest absolute Gasteiger partial charge is 0.480 e.